The normalized spacial score (nSPS) is 12.5. The van der Waals surface area contributed by atoms with Crippen molar-refractivity contribution in [3.63, 3.8) is 0 Å². The quantitative estimate of drug-likeness (QED) is 0.0787. The molecule has 3 atom stereocenters. The SMILES string of the molecule is NC(=O)[C@H](CCCCNC(=O)[C@H](Cc1ccc(O)cc1)NC(=O)CCC(=O)O)NC(=O)[C@H](Cc1ccc(O)cc1)NC(=O)CCC(=O)O. The first-order valence-electron chi connectivity index (χ1n) is 15.2. The lowest BCUT2D eigenvalue weighted by Crippen LogP contribution is -2.53. The molecule has 0 fully saturated rings. The minimum absolute atomic E-state index is 0.0106. The number of unbranched alkanes of at least 4 members (excludes halogenated alkanes) is 1. The smallest absolute Gasteiger partial charge is 0.303 e. The summed E-state index contributed by atoms with van der Waals surface area (Å²) in [6.45, 7) is 0.123. The van der Waals surface area contributed by atoms with Crippen LogP contribution in [0.5, 0.6) is 11.5 Å². The summed E-state index contributed by atoms with van der Waals surface area (Å²) in [5, 5.41) is 47.0. The van der Waals surface area contributed by atoms with Crippen molar-refractivity contribution in [2.45, 2.75) is 75.9 Å². The summed E-state index contributed by atoms with van der Waals surface area (Å²) in [5.74, 6) is -5.78. The summed E-state index contributed by atoms with van der Waals surface area (Å²) in [6.07, 6.45) is -0.779. The van der Waals surface area contributed by atoms with Gasteiger partial charge in [0.1, 0.15) is 29.6 Å². The van der Waals surface area contributed by atoms with Gasteiger partial charge >= 0.3 is 11.9 Å². The first kappa shape index (κ1) is 38.5. The number of carboxylic acid groups (broad SMARTS) is 2. The van der Waals surface area contributed by atoms with E-state index in [-0.39, 0.29) is 50.1 Å². The Bertz CT molecular complexity index is 1430. The fourth-order valence-corrected chi connectivity index (χ4v) is 4.49. The number of phenols is 2. The number of nitrogens with two attached hydrogens (primary N) is 1. The van der Waals surface area contributed by atoms with Crippen molar-refractivity contribution >= 4 is 41.5 Å². The van der Waals surface area contributed by atoms with Gasteiger partial charge in [0.2, 0.25) is 29.5 Å². The Kier molecular flexibility index (Phi) is 15.9. The molecule has 0 bridgehead atoms. The lowest BCUT2D eigenvalue weighted by atomic mass is 10.0. The van der Waals surface area contributed by atoms with E-state index in [2.05, 4.69) is 21.3 Å². The monoisotopic (exact) mass is 671 g/mol. The fourth-order valence-electron chi connectivity index (χ4n) is 4.49. The predicted molar refractivity (Wildman–Crippen MR) is 169 cm³/mol. The molecule has 0 spiro atoms. The van der Waals surface area contributed by atoms with Gasteiger partial charge in [0.05, 0.1) is 12.8 Å². The molecule has 260 valence electrons. The Morgan fingerprint density at radius 1 is 0.583 bits per heavy atom. The highest BCUT2D eigenvalue weighted by Crippen LogP contribution is 2.13. The molecule has 5 amide bonds. The number of carbonyl (C=O) groups excluding carboxylic acids is 5. The van der Waals surface area contributed by atoms with Crippen LogP contribution in [-0.4, -0.2) is 86.6 Å². The number of aliphatic carboxylic acids is 2. The van der Waals surface area contributed by atoms with Crippen molar-refractivity contribution in [3.05, 3.63) is 59.7 Å². The maximum atomic E-state index is 13.2. The molecule has 0 unspecified atom stereocenters. The molecule has 0 saturated heterocycles. The van der Waals surface area contributed by atoms with E-state index in [0.717, 1.165) is 0 Å². The molecule has 2 aromatic carbocycles. The number of benzene rings is 2. The van der Waals surface area contributed by atoms with Crippen LogP contribution in [0.4, 0.5) is 0 Å². The highest BCUT2D eigenvalue weighted by molar-refractivity contribution is 5.92. The minimum atomic E-state index is -1.19. The van der Waals surface area contributed by atoms with Crippen LogP contribution in [0.1, 0.15) is 56.1 Å². The van der Waals surface area contributed by atoms with Crippen LogP contribution in [0.2, 0.25) is 0 Å². The molecule has 0 heterocycles. The minimum Gasteiger partial charge on any atom is -0.508 e. The van der Waals surface area contributed by atoms with Crippen molar-refractivity contribution in [1.29, 1.82) is 0 Å². The van der Waals surface area contributed by atoms with E-state index in [9.17, 15) is 43.8 Å². The average Bonchev–Trinajstić information content (AvgIpc) is 3.03. The second-order valence-corrected chi connectivity index (χ2v) is 11.0. The van der Waals surface area contributed by atoms with Crippen LogP contribution in [-0.2, 0) is 46.4 Å². The van der Waals surface area contributed by atoms with Crippen molar-refractivity contribution in [3.8, 4) is 11.5 Å². The van der Waals surface area contributed by atoms with Gasteiger partial charge in [-0.25, -0.2) is 0 Å². The third kappa shape index (κ3) is 15.1. The van der Waals surface area contributed by atoms with Crippen molar-refractivity contribution in [2.24, 2.45) is 5.73 Å². The van der Waals surface area contributed by atoms with Gasteiger partial charge in [-0.05, 0) is 54.7 Å². The van der Waals surface area contributed by atoms with E-state index in [1.165, 1.54) is 36.4 Å². The van der Waals surface area contributed by atoms with Crippen molar-refractivity contribution in [2.75, 3.05) is 6.54 Å². The molecular weight excluding hydrogens is 630 g/mol. The van der Waals surface area contributed by atoms with E-state index in [0.29, 0.717) is 24.0 Å². The number of carbonyl (C=O) groups is 7. The number of phenolic OH excluding ortho intramolecular Hbond substituents is 2. The van der Waals surface area contributed by atoms with E-state index < -0.39 is 72.4 Å². The lowest BCUT2D eigenvalue weighted by Gasteiger charge is -2.22. The molecule has 0 aliphatic heterocycles. The molecule has 2 rings (SSSR count). The number of nitrogens with one attached hydrogen (secondary N) is 4. The summed E-state index contributed by atoms with van der Waals surface area (Å²) >= 11 is 0. The van der Waals surface area contributed by atoms with E-state index in [1.807, 2.05) is 0 Å². The molecule has 0 aromatic heterocycles. The summed E-state index contributed by atoms with van der Waals surface area (Å²) in [4.78, 5) is 84.6. The lowest BCUT2D eigenvalue weighted by molar-refractivity contribution is -0.139. The highest BCUT2D eigenvalue weighted by atomic mass is 16.4. The average molecular weight is 672 g/mol. The Morgan fingerprint density at radius 2 is 1.02 bits per heavy atom. The summed E-state index contributed by atoms with van der Waals surface area (Å²) < 4.78 is 0. The van der Waals surface area contributed by atoms with Crippen molar-refractivity contribution < 1.29 is 54.0 Å². The predicted octanol–water partition coefficient (Wildman–Crippen LogP) is -0.161. The molecule has 0 saturated carbocycles. The number of aromatic hydroxyl groups is 2. The van der Waals surface area contributed by atoms with E-state index in [4.69, 9.17) is 15.9 Å². The van der Waals surface area contributed by atoms with Crippen LogP contribution in [0.15, 0.2) is 48.5 Å². The van der Waals surface area contributed by atoms with Gasteiger partial charge in [0, 0.05) is 32.2 Å². The van der Waals surface area contributed by atoms with Gasteiger partial charge in [-0.2, -0.15) is 0 Å². The topological polar surface area (TPSA) is 275 Å². The standard InChI is InChI=1S/C32H41N5O11/c33-30(46)23(37-32(48)25(36-27(41)13-15-29(44)45)18-20-6-10-22(39)11-7-20)3-1-2-16-34-31(47)24(35-26(40)12-14-28(42)43)17-19-4-8-21(38)9-5-19/h4-11,23-25,38-39H,1-3,12-18H2,(H2,33,46)(H,34,47)(H,35,40)(H,36,41)(H,37,48)(H,42,43)(H,44,45)/t23-,24-,25-/m0/s1. The molecule has 0 aliphatic rings. The number of primary amides is 1. The zero-order valence-corrected chi connectivity index (χ0v) is 26.1. The van der Waals surface area contributed by atoms with Crippen LogP contribution >= 0.6 is 0 Å². The number of hydrogen-bond acceptors (Lipinski definition) is 9. The Labute approximate surface area is 276 Å². The van der Waals surface area contributed by atoms with Gasteiger partial charge in [-0.15, -0.1) is 0 Å². The zero-order valence-electron chi connectivity index (χ0n) is 26.1. The summed E-state index contributed by atoms with van der Waals surface area (Å²) in [7, 11) is 0. The van der Waals surface area contributed by atoms with Gasteiger partial charge in [0.15, 0.2) is 0 Å². The molecule has 16 heteroatoms. The summed E-state index contributed by atoms with van der Waals surface area (Å²) in [6, 6.07) is 8.50. The second-order valence-electron chi connectivity index (χ2n) is 11.0. The summed E-state index contributed by atoms with van der Waals surface area (Å²) in [5.41, 5.74) is 6.72. The van der Waals surface area contributed by atoms with E-state index >= 15 is 0 Å². The number of carboxylic acids is 2. The van der Waals surface area contributed by atoms with E-state index in [1.54, 1.807) is 12.1 Å². The second kappa shape index (κ2) is 19.8. The molecule has 16 nitrogen and oxygen atoms in total. The molecule has 0 radical (unpaired) electrons. The zero-order chi connectivity index (χ0) is 35.6. The Hall–Kier alpha value is -5.67. The number of hydrogen-bond donors (Lipinski definition) is 9. The van der Waals surface area contributed by atoms with Gasteiger partial charge in [-0.3, -0.25) is 33.6 Å². The highest BCUT2D eigenvalue weighted by Gasteiger charge is 2.26. The van der Waals surface area contributed by atoms with Crippen LogP contribution < -0.4 is 27.0 Å². The van der Waals surface area contributed by atoms with Gasteiger partial charge in [-0.1, -0.05) is 24.3 Å². The molecule has 2 aromatic rings. The Morgan fingerprint density at radius 3 is 1.44 bits per heavy atom. The van der Waals surface area contributed by atoms with Gasteiger partial charge in [0.25, 0.3) is 0 Å². The number of amides is 5. The molecule has 48 heavy (non-hydrogen) atoms. The maximum Gasteiger partial charge on any atom is 0.303 e. The van der Waals surface area contributed by atoms with Crippen LogP contribution in [0.3, 0.4) is 0 Å². The maximum absolute atomic E-state index is 13.2. The molecule has 10 N–H and O–H groups in total. The van der Waals surface area contributed by atoms with Crippen LogP contribution in [0, 0.1) is 0 Å². The Balaban J connectivity index is 1.97. The number of rotatable bonds is 21. The first-order valence-corrected chi connectivity index (χ1v) is 15.2. The third-order valence-corrected chi connectivity index (χ3v) is 7.07. The van der Waals surface area contributed by atoms with Gasteiger partial charge < -0.3 is 47.4 Å². The van der Waals surface area contributed by atoms with Crippen LogP contribution in [0.25, 0.3) is 0 Å². The van der Waals surface area contributed by atoms with Crippen molar-refractivity contribution in [1.82, 2.24) is 21.3 Å². The molecule has 0 aliphatic carbocycles. The largest absolute Gasteiger partial charge is 0.508 e. The molecular formula is C32H41N5O11. The third-order valence-electron chi connectivity index (χ3n) is 7.07. The first-order chi connectivity index (χ1) is 22.7. The fraction of sp³-hybridized carbons (Fsp3) is 0.406.